The van der Waals surface area contributed by atoms with E-state index in [4.69, 9.17) is 16.3 Å². The van der Waals surface area contributed by atoms with Crippen molar-refractivity contribution in [3.63, 3.8) is 0 Å². The summed E-state index contributed by atoms with van der Waals surface area (Å²) in [6.07, 6.45) is 0. The van der Waals surface area contributed by atoms with E-state index >= 15 is 0 Å². The highest BCUT2D eigenvalue weighted by molar-refractivity contribution is 9.11. The summed E-state index contributed by atoms with van der Waals surface area (Å²) in [5, 5.41) is -0.171. The van der Waals surface area contributed by atoms with Gasteiger partial charge in [0.2, 0.25) is 0 Å². The molecule has 0 saturated carbocycles. The summed E-state index contributed by atoms with van der Waals surface area (Å²) in [6, 6.07) is 10.0. The number of ether oxygens (including phenoxy) is 1. The van der Waals surface area contributed by atoms with Crippen molar-refractivity contribution >= 4 is 38.9 Å². The lowest BCUT2D eigenvalue weighted by Crippen LogP contribution is -2.00. The maximum Gasteiger partial charge on any atom is 0.124 e. The maximum absolute atomic E-state index is 6.60. The van der Waals surface area contributed by atoms with Gasteiger partial charge in [0, 0.05) is 10.4 Å². The van der Waals surface area contributed by atoms with Crippen molar-refractivity contribution in [2.24, 2.45) is 0 Å². The lowest BCUT2D eigenvalue weighted by molar-refractivity contribution is 0.337. The van der Waals surface area contributed by atoms with Crippen LogP contribution in [0.2, 0.25) is 0 Å². The quantitative estimate of drug-likeness (QED) is 0.660. The predicted molar refractivity (Wildman–Crippen MR) is 82.1 cm³/mol. The Balaban J connectivity index is 2.39. The van der Waals surface area contributed by atoms with Crippen LogP contribution in [-0.2, 0) is 0 Å². The van der Waals surface area contributed by atoms with Crippen LogP contribution in [0.5, 0.6) is 5.75 Å². The molecule has 1 atom stereocenters. The molecule has 0 bridgehead atoms. The van der Waals surface area contributed by atoms with E-state index < -0.39 is 0 Å². The van der Waals surface area contributed by atoms with Gasteiger partial charge in [-0.2, -0.15) is 0 Å². The number of rotatable bonds is 4. The van der Waals surface area contributed by atoms with Crippen LogP contribution in [-0.4, -0.2) is 6.61 Å². The van der Waals surface area contributed by atoms with Crippen molar-refractivity contribution in [1.29, 1.82) is 0 Å². The number of thiophene rings is 1. The molecule has 0 radical (unpaired) electrons. The van der Waals surface area contributed by atoms with E-state index in [0.29, 0.717) is 6.61 Å². The Morgan fingerprint density at radius 1 is 1.33 bits per heavy atom. The lowest BCUT2D eigenvalue weighted by Gasteiger charge is -2.14. The first-order chi connectivity index (χ1) is 8.63. The summed E-state index contributed by atoms with van der Waals surface area (Å²) >= 11 is 11.8. The number of halogens is 2. The zero-order valence-electron chi connectivity index (χ0n) is 10.2. The molecule has 1 heterocycles. The van der Waals surface area contributed by atoms with Crippen molar-refractivity contribution in [1.82, 2.24) is 0 Å². The Bertz CT molecular complexity index is 538. The van der Waals surface area contributed by atoms with E-state index in [1.165, 1.54) is 4.88 Å². The van der Waals surface area contributed by atoms with E-state index in [1.807, 2.05) is 31.2 Å². The summed E-state index contributed by atoms with van der Waals surface area (Å²) in [6.45, 7) is 4.71. The molecule has 0 aliphatic carbocycles. The molecule has 1 unspecified atom stereocenters. The third-order valence-corrected chi connectivity index (χ3v) is 4.73. The van der Waals surface area contributed by atoms with Crippen LogP contribution < -0.4 is 4.74 Å². The van der Waals surface area contributed by atoms with Gasteiger partial charge in [-0.15, -0.1) is 22.9 Å². The molecule has 2 rings (SSSR count). The SMILES string of the molecule is CCOc1ccccc1C(Cl)c1cc(Br)sc1C. The van der Waals surface area contributed by atoms with Crippen LogP contribution in [0.1, 0.15) is 28.3 Å². The maximum atomic E-state index is 6.60. The summed E-state index contributed by atoms with van der Waals surface area (Å²) < 4.78 is 6.74. The third-order valence-electron chi connectivity index (χ3n) is 2.69. The summed E-state index contributed by atoms with van der Waals surface area (Å²) in [4.78, 5) is 1.23. The first-order valence-electron chi connectivity index (χ1n) is 5.75. The second-order valence-corrected chi connectivity index (χ2v) is 6.97. The molecule has 0 N–H and O–H groups in total. The molecule has 0 aliphatic rings. The first kappa shape index (κ1) is 13.9. The number of alkyl halides is 1. The Morgan fingerprint density at radius 3 is 2.67 bits per heavy atom. The van der Waals surface area contributed by atoms with E-state index in [9.17, 15) is 0 Å². The second-order valence-electron chi connectivity index (χ2n) is 3.90. The van der Waals surface area contributed by atoms with E-state index in [-0.39, 0.29) is 5.38 Å². The Morgan fingerprint density at radius 2 is 2.06 bits per heavy atom. The fourth-order valence-electron chi connectivity index (χ4n) is 1.85. The average Bonchev–Trinajstić information content (AvgIpc) is 2.69. The minimum Gasteiger partial charge on any atom is -0.494 e. The van der Waals surface area contributed by atoms with Crippen LogP contribution in [0.25, 0.3) is 0 Å². The smallest absolute Gasteiger partial charge is 0.124 e. The van der Waals surface area contributed by atoms with Gasteiger partial charge in [0.15, 0.2) is 0 Å². The molecule has 1 aromatic heterocycles. The predicted octanol–water partition coefficient (Wildman–Crippen LogP) is 5.55. The van der Waals surface area contributed by atoms with Crippen molar-refractivity contribution < 1.29 is 4.74 Å². The van der Waals surface area contributed by atoms with Gasteiger partial charge in [-0.05, 0) is 47.5 Å². The van der Waals surface area contributed by atoms with Crippen molar-refractivity contribution in [2.75, 3.05) is 6.61 Å². The van der Waals surface area contributed by atoms with Gasteiger partial charge in [-0.25, -0.2) is 0 Å². The molecule has 0 spiro atoms. The molecule has 1 aromatic carbocycles. The van der Waals surface area contributed by atoms with Gasteiger partial charge in [0.1, 0.15) is 5.75 Å². The van der Waals surface area contributed by atoms with Gasteiger partial charge >= 0.3 is 0 Å². The summed E-state index contributed by atoms with van der Waals surface area (Å²) in [5.74, 6) is 0.863. The molecule has 2 aromatic rings. The second kappa shape index (κ2) is 6.09. The van der Waals surface area contributed by atoms with Gasteiger partial charge in [-0.3, -0.25) is 0 Å². The molecule has 0 fully saturated rings. The van der Waals surface area contributed by atoms with Crippen LogP contribution >= 0.6 is 38.9 Å². The van der Waals surface area contributed by atoms with Crippen LogP contribution in [0, 0.1) is 6.92 Å². The van der Waals surface area contributed by atoms with Gasteiger partial charge in [-0.1, -0.05) is 18.2 Å². The highest BCUT2D eigenvalue weighted by atomic mass is 79.9. The molecule has 18 heavy (non-hydrogen) atoms. The average molecular weight is 346 g/mol. The first-order valence-corrected chi connectivity index (χ1v) is 7.79. The van der Waals surface area contributed by atoms with Crippen molar-refractivity contribution in [3.8, 4) is 5.75 Å². The molecule has 0 saturated heterocycles. The number of aryl methyl sites for hydroxylation is 1. The Labute approximate surface area is 125 Å². The zero-order valence-corrected chi connectivity index (χ0v) is 13.4. The van der Waals surface area contributed by atoms with Crippen LogP contribution in [0.3, 0.4) is 0 Å². The number of hydrogen-bond acceptors (Lipinski definition) is 2. The monoisotopic (exact) mass is 344 g/mol. The topological polar surface area (TPSA) is 9.23 Å². The molecule has 4 heteroatoms. The molecular weight excluding hydrogens is 332 g/mol. The van der Waals surface area contributed by atoms with E-state index in [0.717, 1.165) is 20.7 Å². The molecule has 96 valence electrons. The minimum absolute atomic E-state index is 0.171. The van der Waals surface area contributed by atoms with Crippen LogP contribution in [0.15, 0.2) is 34.1 Å². The summed E-state index contributed by atoms with van der Waals surface area (Å²) in [7, 11) is 0. The van der Waals surface area contributed by atoms with Crippen LogP contribution in [0.4, 0.5) is 0 Å². The van der Waals surface area contributed by atoms with E-state index in [2.05, 4.69) is 28.9 Å². The third kappa shape index (κ3) is 2.90. The Kier molecular flexibility index (Phi) is 4.71. The minimum atomic E-state index is -0.171. The van der Waals surface area contributed by atoms with Gasteiger partial charge in [0.25, 0.3) is 0 Å². The molecule has 1 nitrogen and oxygen atoms in total. The standard InChI is InChI=1S/C14H14BrClOS/c1-3-17-12-7-5-4-6-10(12)14(16)11-8-13(15)18-9(11)2/h4-8,14H,3H2,1-2H3. The lowest BCUT2D eigenvalue weighted by atomic mass is 10.0. The normalized spacial score (nSPS) is 12.4. The fourth-order valence-corrected chi connectivity index (χ4v) is 4.07. The van der Waals surface area contributed by atoms with Crippen molar-refractivity contribution in [2.45, 2.75) is 19.2 Å². The number of benzene rings is 1. The van der Waals surface area contributed by atoms with Gasteiger partial charge in [0.05, 0.1) is 15.8 Å². The number of para-hydroxylation sites is 1. The van der Waals surface area contributed by atoms with Gasteiger partial charge < -0.3 is 4.74 Å². The largest absolute Gasteiger partial charge is 0.494 e. The van der Waals surface area contributed by atoms with E-state index in [1.54, 1.807) is 11.3 Å². The Hall–Kier alpha value is -0.510. The zero-order chi connectivity index (χ0) is 13.1. The molecule has 0 aliphatic heterocycles. The highest BCUT2D eigenvalue weighted by Crippen LogP contribution is 2.40. The molecular formula is C14H14BrClOS. The molecule has 0 amide bonds. The fraction of sp³-hybridized carbons (Fsp3) is 0.286. The highest BCUT2D eigenvalue weighted by Gasteiger charge is 2.19. The summed E-state index contributed by atoms with van der Waals surface area (Å²) in [5.41, 5.74) is 2.16. The van der Waals surface area contributed by atoms with Crippen molar-refractivity contribution in [3.05, 3.63) is 50.1 Å². The number of hydrogen-bond donors (Lipinski definition) is 0.